The van der Waals surface area contributed by atoms with Crippen LogP contribution in [0, 0.1) is 11.2 Å². The third-order valence-electron chi connectivity index (χ3n) is 3.26. The molecular formula is C13H18ClFN2O. The number of hydrogen-bond donors (Lipinski definition) is 2. The standard InChI is InChI=1S/C13H17FN2O.ClH/c1-13(5-6-15-9-13)12(17)16-8-10-3-2-4-11(14)7-10;/h2-4,7,15H,5-6,8-9H2,1H3,(H,16,17);1H. The highest BCUT2D eigenvalue weighted by atomic mass is 35.5. The molecule has 0 bridgehead atoms. The zero-order chi connectivity index (χ0) is 12.3. The van der Waals surface area contributed by atoms with Crippen LogP contribution < -0.4 is 10.6 Å². The minimum Gasteiger partial charge on any atom is -0.352 e. The summed E-state index contributed by atoms with van der Waals surface area (Å²) in [6, 6.07) is 6.29. The Labute approximate surface area is 113 Å². The predicted molar refractivity (Wildman–Crippen MR) is 71.1 cm³/mol. The van der Waals surface area contributed by atoms with Crippen molar-refractivity contribution in [1.29, 1.82) is 0 Å². The third kappa shape index (κ3) is 3.43. The number of nitrogens with one attached hydrogen (secondary N) is 2. The number of hydrogen-bond acceptors (Lipinski definition) is 2. The first-order valence-electron chi connectivity index (χ1n) is 5.84. The van der Waals surface area contributed by atoms with Crippen molar-refractivity contribution in [2.75, 3.05) is 13.1 Å². The second-order valence-corrected chi connectivity index (χ2v) is 4.80. The van der Waals surface area contributed by atoms with Gasteiger partial charge in [0.05, 0.1) is 5.41 Å². The summed E-state index contributed by atoms with van der Waals surface area (Å²) in [5, 5.41) is 6.04. The molecule has 5 heteroatoms. The maximum Gasteiger partial charge on any atom is 0.227 e. The normalized spacial score (nSPS) is 22.3. The molecule has 18 heavy (non-hydrogen) atoms. The number of carbonyl (C=O) groups excluding carboxylic acids is 1. The largest absolute Gasteiger partial charge is 0.352 e. The topological polar surface area (TPSA) is 41.1 Å². The van der Waals surface area contributed by atoms with Crippen molar-refractivity contribution in [2.45, 2.75) is 19.9 Å². The molecule has 0 aliphatic carbocycles. The van der Waals surface area contributed by atoms with Crippen LogP contribution in [-0.4, -0.2) is 19.0 Å². The average molecular weight is 273 g/mol. The van der Waals surface area contributed by atoms with Gasteiger partial charge in [0.1, 0.15) is 5.82 Å². The molecule has 100 valence electrons. The van der Waals surface area contributed by atoms with Gasteiger partial charge in [-0.2, -0.15) is 0 Å². The minimum atomic E-state index is -0.326. The van der Waals surface area contributed by atoms with Gasteiger partial charge in [-0.05, 0) is 37.6 Å². The van der Waals surface area contributed by atoms with Crippen LogP contribution in [-0.2, 0) is 11.3 Å². The summed E-state index contributed by atoms with van der Waals surface area (Å²) in [6.07, 6.45) is 0.849. The Morgan fingerprint density at radius 2 is 2.33 bits per heavy atom. The molecule has 1 saturated heterocycles. The zero-order valence-electron chi connectivity index (χ0n) is 10.3. The molecule has 1 aliphatic heterocycles. The Kier molecular flexibility index (Phi) is 5.11. The highest BCUT2D eigenvalue weighted by Gasteiger charge is 2.35. The number of amides is 1. The highest BCUT2D eigenvalue weighted by Crippen LogP contribution is 2.24. The van der Waals surface area contributed by atoms with E-state index in [1.165, 1.54) is 12.1 Å². The van der Waals surface area contributed by atoms with Crippen molar-refractivity contribution >= 4 is 18.3 Å². The van der Waals surface area contributed by atoms with Crippen LogP contribution in [0.4, 0.5) is 4.39 Å². The van der Waals surface area contributed by atoms with E-state index in [1.807, 2.05) is 6.92 Å². The van der Waals surface area contributed by atoms with Crippen LogP contribution in [0.5, 0.6) is 0 Å². The first-order chi connectivity index (χ1) is 8.10. The third-order valence-corrected chi connectivity index (χ3v) is 3.26. The molecule has 0 saturated carbocycles. The molecule has 0 spiro atoms. The maximum absolute atomic E-state index is 12.9. The summed E-state index contributed by atoms with van der Waals surface area (Å²) in [4.78, 5) is 12.0. The molecule has 2 rings (SSSR count). The van der Waals surface area contributed by atoms with E-state index in [0.717, 1.165) is 18.5 Å². The van der Waals surface area contributed by atoms with Gasteiger partial charge in [-0.25, -0.2) is 4.39 Å². The molecule has 3 nitrogen and oxygen atoms in total. The van der Waals surface area contributed by atoms with Crippen LogP contribution in [0.1, 0.15) is 18.9 Å². The van der Waals surface area contributed by atoms with E-state index >= 15 is 0 Å². The first-order valence-corrected chi connectivity index (χ1v) is 5.84. The number of halogens is 2. The lowest BCUT2D eigenvalue weighted by Crippen LogP contribution is -2.40. The van der Waals surface area contributed by atoms with E-state index in [4.69, 9.17) is 0 Å². The Morgan fingerprint density at radius 3 is 2.94 bits per heavy atom. The smallest absolute Gasteiger partial charge is 0.227 e. The van der Waals surface area contributed by atoms with Gasteiger partial charge in [0.25, 0.3) is 0 Å². The molecule has 0 aromatic heterocycles. The molecule has 1 unspecified atom stereocenters. The van der Waals surface area contributed by atoms with Gasteiger partial charge in [-0.3, -0.25) is 4.79 Å². The highest BCUT2D eigenvalue weighted by molar-refractivity contribution is 5.85. The summed E-state index contributed by atoms with van der Waals surface area (Å²) < 4.78 is 12.9. The van der Waals surface area contributed by atoms with Crippen LogP contribution in [0.25, 0.3) is 0 Å². The fourth-order valence-corrected chi connectivity index (χ4v) is 2.05. The Balaban J connectivity index is 0.00000162. The van der Waals surface area contributed by atoms with Crippen molar-refractivity contribution in [2.24, 2.45) is 5.41 Å². The fraction of sp³-hybridized carbons (Fsp3) is 0.462. The summed E-state index contributed by atoms with van der Waals surface area (Å²) in [6.45, 7) is 3.92. The molecule has 1 aromatic rings. The molecular weight excluding hydrogens is 255 g/mol. The van der Waals surface area contributed by atoms with E-state index in [0.29, 0.717) is 13.1 Å². The predicted octanol–water partition coefficient (Wildman–Crippen LogP) is 1.86. The second kappa shape index (κ2) is 6.16. The summed E-state index contributed by atoms with van der Waals surface area (Å²) >= 11 is 0. The summed E-state index contributed by atoms with van der Waals surface area (Å²) in [5.74, 6) is -0.239. The quantitative estimate of drug-likeness (QED) is 0.882. The molecule has 1 fully saturated rings. The minimum absolute atomic E-state index is 0. The molecule has 1 aromatic carbocycles. The molecule has 1 aliphatic rings. The average Bonchev–Trinajstić information content (AvgIpc) is 2.74. The first kappa shape index (κ1) is 14.9. The molecule has 1 heterocycles. The Morgan fingerprint density at radius 1 is 1.56 bits per heavy atom. The van der Waals surface area contributed by atoms with E-state index < -0.39 is 0 Å². The fourth-order valence-electron chi connectivity index (χ4n) is 2.05. The number of carbonyl (C=O) groups is 1. The lowest BCUT2D eigenvalue weighted by atomic mass is 9.89. The van der Waals surface area contributed by atoms with Crippen molar-refractivity contribution in [3.63, 3.8) is 0 Å². The van der Waals surface area contributed by atoms with E-state index in [1.54, 1.807) is 12.1 Å². The Hall–Kier alpha value is -1.13. The second-order valence-electron chi connectivity index (χ2n) is 4.80. The van der Waals surface area contributed by atoms with E-state index in [-0.39, 0.29) is 29.5 Å². The SMILES string of the molecule is CC1(C(=O)NCc2cccc(F)c2)CCNC1.Cl. The van der Waals surface area contributed by atoms with Gasteiger partial charge < -0.3 is 10.6 Å². The van der Waals surface area contributed by atoms with Gasteiger partial charge >= 0.3 is 0 Å². The van der Waals surface area contributed by atoms with E-state index in [2.05, 4.69) is 10.6 Å². The van der Waals surface area contributed by atoms with Crippen LogP contribution in [0.15, 0.2) is 24.3 Å². The Bertz CT molecular complexity index is 419. The number of benzene rings is 1. The lowest BCUT2D eigenvalue weighted by molar-refractivity contribution is -0.129. The van der Waals surface area contributed by atoms with E-state index in [9.17, 15) is 9.18 Å². The van der Waals surface area contributed by atoms with Crippen molar-refractivity contribution < 1.29 is 9.18 Å². The van der Waals surface area contributed by atoms with Crippen LogP contribution >= 0.6 is 12.4 Å². The van der Waals surface area contributed by atoms with Gasteiger partial charge in [-0.15, -0.1) is 12.4 Å². The van der Waals surface area contributed by atoms with Gasteiger partial charge in [0, 0.05) is 13.1 Å². The summed E-state index contributed by atoms with van der Waals surface area (Å²) in [7, 11) is 0. The summed E-state index contributed by atoms with van der Waals surface area (Å²) in [5.41, 5.74) is 0.459. The monoisotopic (exact) mass is 272 g/mol. The van der Waals surface area contributed by atoms with Crippen LogP contribution in [0.3, 0.4) is 0 Å². The number of rotatable bonds is 3. The van der Waals surface area contributed by atoms with Crippen molar-refractivity contribution in [3.05, 3.63) is 35.6 Å². The molecule has 1 amide bonds. The molecule has 1 atom stereocenters. The lowest BCUT2D eigenvalue weighted by Gasteiger charge is -2.21. The van der Waals surface area contributed by atoms with Crippen LogP contribution in [0.2, 0.25) is 0 Å². The van der Waals surface area contributed by atoms with Gasteiger partial charge in [0.15, 0.2) is 0 Å². The molecule has 2 N–H and O–H groups in total. The maximum atomic E-state index is 12.9. The molecule has 0 radical (unpaired) electrons. The van der Waals surface area contributed by atoms with Crippen molar-refractivity contribution in [1.82, 2.24) is 10.6 Å². The van der Waals surface area contributed by atoms with Gasteiger partial charge in [-0.1, -0.05) is 12.1 Å². The van der Waals surface area contributed by atoms with Crippen molar-refractivity contribution in [3.8, 4) is 0 Å². The zero-order valence-corrected chi connectivity index (χ0v) is 11.1. The van der Waals surface area contributed by atoms with Gasteiger partial charge in [0.2, 0.25) is 5.91 Å².